The van der Waals surface area contributed by atoms with Gasteiger partial charge >= 0.3 is 0 Å². The summed E-state index contributed by atoms with van der Waals surface area (Å²) >= 11 is 5.78. The van der Waals surface area contributed by atoms with Gasteiger partial charge in [-0.25, -0.2) is 0 Å². The van der Waals surface area contributed by atoms with Crippen LogP contribution in [0.25, 0.3) is 6.08 Å². The van der Waals surface area contributed by atoms with Gasteiger partial charge in [-0.15, -0.1) is 0 Å². The minimum Gasteiger partial charge on any atom is -0.488 e. The molecule has 0 bridgehead atoms. The van der Waals surface area contributed by atoms with E-state index >= 15 is 0 Å². The number of rotatable bonds is 7. The van der Waals surface area contributed by atoms with E-state index < -0.39 is 5.91 Å². The van der Waals surface area contributed by atoms with Gasteiger partial charge in [0.25, 0.3) is 5.91 Å². The summed E-state index contributed by atoms with van der Waals surface area (Å²) in [6.45, 7) is 2.34. The maximum absolute atomic E-state index is 12.6. The fourth-order valence-electron chi connectivity index (χ4n) is 2.88. The van der Waals surface area contributed by atoms with E-state index in [0.717, 1.165) is 21.2 Å². The maximum Gasteiger partial charge on any atom is 0.262 e. The normalized spacial score (nSPS) is 12.0. The molecule has 0 aliphatic rings. The van der Waals surface area contributed by atoms with Crippen molar-refractivity contribution in [3.8, 4) is 11.8 Å². The molecule has 3 aromatic rings. The molecule has 4 nitrogen and oxygen atoms in total. The third-order valence-electron chi connectivity index (χ3n) is 4.59. The number of nitrogens with one attached hydrogen (secondary N) is 1. The van der Waals surface area contributed by atoms with Gasteiger partial charge in [-0.1, -0.05) is 48.5 Å². The second-order valence-corrected chi connectivity index (χ2v) is 8.98. The van der Waals surface area contributed by atoms with Crippen LogP contribution in [0.15, 0.2) is 82.8 Å². The van der Waals surface area contributed by atoms with Crippen LogP contribution in [-0.4, -0.2) is 5.91 Å². The van der Waals surface area contributed by atoms with E-state index in [1.54, 1.807) is 6.08 Å². The number of nitriles is 1. The maximum atomic E-state index is 12.6. The number of carbonyl (C=O) groups is 1. The molecule has 0 saturated carbocycles. The first-order valence-electron chi connectivity index (χ1n) is 9.60. The zero-order chi connectivity index (χ0) is 22.2. The van der Waals surface area contributed by atoms with Crippen molar-refractivity contribution in [1.29, 1.82) is 5.26 Å². The Labute approximate surface area is 204 Å². The number of carbonyl (C=O) groups excluding carboxylic acids is 1. The van der Waals surface area contributed by atoms with Gasteiger partial charge in [-0.3, -0.25) is 4.79 Å². The number of ether oxygens (including phenoxy) is 1. The van der Waals surface area contributed by atoms with Crippen LogP contribution in [0.2, 0.25) is 0 Å². The molecule has 156 valence electrons. The molecule has 0 spiro atoms. The van der Waals surface area contributed by atoms with Crippen LogP contribution in [0.1, 0.15) is 29.7 Å². The fourth-order valence-corrected chi connectivity index (χ4v) is 3.75. The van der Waals surface area contributed by atoms with Gasteiger partial charge in [0.1, 0.15) is 24.0 Å². The van der Waals surface area contributed by atoms with Crippen LogP contribution >= 0.6 is 38.5 Å². The van der Waals surface area contributed by atoms with Gasteiger partial charge in [0.2, 0.25) is 0 Å². The molecule has 6 heteroatoms. The summed E-state index contributed by atoms with van der Waals surface area (Å²) in [5.41, 5.74) is 2.83. The van der Waals surface area contributed by atoms with E-state index in [2.05, 4.69) is 43.8 Å². The standard InChI is InChI=1S/C25H20BrIN2O2/c1-17(20-5-3-2-4-6-20)29-25(30)21(15-28)13-19-9-12-24(23(26)14-19)31-16-18-7-10-22(27)11-8-18/h2-14,17H,16H2,1H3,(H,29,30)/b21-13-/t17-/m0/s1. The van der Waals surface area contributed by atoms with E-state index in [-0.39, 0.29) is 11.6 Å². The van der Waals surface area contributed by atoms with Crippen molar-refractivity contribution in [3.63, 3.8) is 0 Å². The van der Waals surface area contributed by atoms with Crippen LogP contribution in [0.3, 0.4) is 0 Å². The summed E-state index contributed by atoms with van der Waals surface area (Å²) < 4.78 is 7.81. The smallest absolute Gasteiger partial charge is 0.262 e. The molecule has 3 aromatic carbocycles. The van der Waals surface area contributed by atoms with Crippen LogP contribution in [0.4, 0.5) is 0 Å². The highest BCUT2D eigenvalue weighted by atomic mass is 127. The minimum absolute atomic E-state index is 0.0437. The average Bonchev–Trinajstić information content (AvgIpc) is 2.78. The predicted octanol–water partition coefficient (Wildman–Crippen LogP) is 6.42. The Balaban J connectivity index is 1.67. The Kier molecular flexibility index (Phi) is 8.27. The lowest BCUT2D eigenvalue weighted by Crippen LogP contribution is -2.27. The fraction of sp³-hybridized carbons (Fsp3) is 0.120. The first kappa shape index (κ1) is 23.0. The van der Waals surface area contributed by atoms with Crippen molar-refractivity contribution in [3.05, 3.63) is 103 Å². The van der Waals surface area contributed by atoms with Crippen molar-refractivity contribution >= 4 is 50.5 Å². The lowest BCUT2D eigenvalue weighted by molar-refractivity contribution is -0.117. The molecule has 31 heavy (non-hydrogen) atoms. The van der Waals surface area contributed by atoms with E-state index in [4.69, 9.17) is 4.74 Å². The minimum atomic E-state index is -0.408. The van der Waals surface area contributed by atoms with Crippen molar-refractivity contribution in [1.82, 2.24) is 5.32 Å². The SMILES string of the molecule is C[C@H](NC(=O)/C(C#N)=C\c1ccc(OCc2ccc(I)cc2)c(Br)c1)c1ccccc1. The molecule has 0 heterocycles. The highest BCUT2D eigenvalue weighted by Gasteiger charge is 2.14. The van der Waals surface area contributed by atoms with Crippen molar-refractivity contribution in [2.45, 2.75) is 19.6 Å². The lowest BCUT2D eigenvalue weighted by atomic mass is 10.1. The zero-order valence-corrected chi connectivity index (χ0v) is 20.6. The molecule has 0 fully saturated rings. The summed E-state index contributed by atoms with van der Waals surface area (Å²) in [6.07, 6.45) is 1.57. The van der Waals surface area contributed by atoms with Gasteiger partial charge in [-0.05, 0) is 92.5 Å². The number of amides is 1. The summed E-state index contributed by atoms with van der Waals surface area (Å²) in [5, 5.41) is 12.3. The Hall–Kier alpha value is -2.63. The third-order valence-corrected chi connectivity index (χ3v) is 5.93. The number of benzene rings is 3. The Morgan fingerprint density at radius 2 is 1.87 bits per heavy atom. The first-order chi connectivity index (χ1) is 15.0. The van der Waals surface area contributed by atoms with Gasteiger partial charge < -0.3 is 10.1 Å². The number of nitrogens with zero attached hydrogens (tertiary/aromatic N) is 1. The summed E-state index contributed by atoms with van der Waals surface area (Å²) in [4.78, 5) is 12.6. The molecule has 3 rings (SSSR count). The Bertz CT molecular complexity index is 1120. The predicted molar refractivity (Wildman–Crippen MR) is 134 cm³/mol. The molecule has 1 amide bonds. The van der Waals surface area contributed by atoms with Crippen LogP contribution in [-0.2, 0) is 11.4 Å². The molecule has 0 radical (unpaired) electrons. The topological polar surface area (TPSA) is 62.1 Å². The van der Waals surface area contributed by atoms with E-state index in [1.165, 1.54) is 3.57 Å². The molecule has 1 atom stereocenters. The van der Waals surface area contributed by atoms with Gasteiger partial charge in [0.15, 0.2) is 0 Å². The van der Waals surface area contributed by atoms with Crippen LogP contribution < -0.4 is 10.1 Å². The lowest BCUT2D eigenvalue weighted by Gasteiger charge is -2.14. The van der Waals surface area contributed by atoms with Crippen LogP contribution in [0.5, 0.6) is 5.75 Å². The van der Waals surface area contributed by atoms with Crippen molar-refractivity contribution in [2.75, 3.05) is 0 Å². The molecular weight excluding hydrogens is 567 g/mol. The number of halogens is 2. The van der Waals surface area contributed by atoms with Gasteiger partial charge in [0.05, 0.1) is 10.5 Å². The molecule has 1 N–H and O–H groups in total. The first-order valence-corrected chi connectivity index (χ1v) is 11.5. The van der Waals surface area contributed by atoms with E-state index in [9.17, 15) is 10.1 Å². The van der Waals surface area contributed by atoms with Gasteiger partial charge in [0, 0.05) is 3.57 Å². The van der Waals surface area contributed by atoms with E-state index in [1.807, 2.05) is 85.8 Å². The molecule has 0 aliphatic carbocycles. The van der Waals surface area contributed by atoms with Crippen LogP contribution in [0, 0.1) is 14.9 Å². The summed E-state index contributed by atoms with van der Waals surface area (Å²) in [7, 11) is 0. The number of hydrogen-bond donors (Lipinski definition) is 1. The quantitative estimate of drug-likeness (QED) is 0.197. The molecule has 0 aromatic heterocycles. The van der Waals surface area contributed by atoms with Crippen molar-refractivity contribution in [2.24, 2.45) is 0 Å². The summed E-state index contributed by atoms with van der Waals surface area (Å²) in [6, 6.07) is 25.0. The highest BCUT2D eigenvalue weighted by Crippen LogP contribution is 2.28. The molecule has 0 unspecified atom stereocenters. The van der Waals surface area contributed by atoms with E-state index in [0.29, 0.717) is 12.4 Å². The van der Waals surface area contributed by atoms with Crippen molar-refractivity contribution < 1.29 is 9.53 Å². The Morgan fingerprint density at radius 3 is 2.52 bits per heavy atom. The third kappa shape index (κ3) is 6.68. The average molecular weight is 587 g/mol. The monoisotopic (exact) mass is 586 g/mol. The van der Waals surface area contributed by atoms with Gasteiger partial charge in [-0.2, -0.15) is 5.26 Å². The largest absolute Gasteiger partial charge is 0.488 e. The summed E-state index contributed by atoms with van der Waals surface area (Å²) in [5.74, 6) is 0.283. The molecular formula is C25H20BrIN2O2. The second kappa shape index (κ2) is 11.1. The highest BCUT2D eigenvalue weighted by molar-refractivity contribution is 14.1. The Morgan fingerprint density at radius 1 is 1.16 bits per heavy atom. The molecule has 0 saturated heterocycles. The molecule has 0 aliphatic heterocycles. The zero-order valence-electron chi connectivity index (χ0n) is 16.8. The number of hydrogen-bond acceptors (Lipinski definition) is 3. The second-order valence-electron chi connectivity index (χ2n) is 6.88.